The number of rotatable bonds is 6. The third-order valence-corrected chi connectivity index (χ3v) is 5.76. The van der Waals surface area contributed by atoms with Crippen molar-refractivity contribution in [1.82, 2.24) is 19.9 Å². The van der Waals surface area contributed by atoms with Crippen LogP contribution in [-0.4, -0.2) is 40.2 Å². The Morgan fingerprint density at radius 2 is 1.97 bits per heavy atom. The molecular weight excluding hydrogens is 390 g/mol. The predicted molar refractivity (Wildman–Crippen MR) is 112 cm³/mol. The number of hydrogen-bond donors (Lipinski definition) is 1. The first-order valence-electron chi connectivity index (χ1n) is 9.80. The molecule has 3 heterocycles. The van der Waals surface area contributed by atoms with Crippen molar-refractivity contribution in [3.05, 3.63) is 51.9 Å². The largest absolute Gasteiger partial charge is 0.494 e. The number of ether oxygens (including phenoxy) is 1. The SMILES string of the molecule is CCOc1ccc(CNC(=O)c2cc(=O)nc3sc(N4CCCCC4)nn23)cc1. The van der Waals surface area contributed by atoms with Crippen molar-refractivity contribution < 1.29 is 9.53 Å². The zero-order valence-corrected chi connectivity index (χ0v) is 17.1. The average molecular weight is 414 g/mol. The van der Waals surface area contributed by atoms with Crippen LogP contribution in [0.2, 0.25) is 0 Å². The van der Waals surface area contributed by atoms with E-state index in [1.54, 1.807) is 0 Å². The number of fused-ring (bicyclic) bond motifs is 1. The molecule has 4 rings (SSSR count). The highest BCUT2D eigenvalue weighted by Crippen LogP contribution is 2.25. The van der Waals surface area contributed by atoms with Crippen molar-refractivity contribution in [3.63, 3.8) is 0 Å². The molecule has 1 aliphatic heterocycles. The number of aromatic nitrogens is 3. The Hall–Kier alpha value is -2.94. The lowest BCUT2D eigenvalue weighted by atomic mass is 10.1. The number of piperidine rings is 1. The van der Waals surface area contributed by atoms with Crippen LogP contribution in [0, 0.1) is 0 Å². The molecule has 3 aromatic rings. The summed E-state index contributed by atoms with van der Waals surface area (Å²) in [6.07, 6.45) is 3.46. The van der Waals surface area contributed by atoms with Gasteiger partial charge in [0.25, 0.3) is 11.5 Å². The third kappa shape index (κ3) is 4.40. The van der Waals surface area contributed by atoms with Crippen molar-refractivity contribution in [2.24, 2.45) is 0 Å². The van der Waals surface area contributed by atoms with Crippen LogP contribution < -0.4 is 20.5 Å². The number of carbonyl (C=O) groups excluding carboxylic acids is 1. The summed E-state index contributed by atoms with van der Waals surface area (Å²) in [5.74, 6) is 0.432. The van der Waals surface area contributed by atoms with E-state index in [0.29, 0.717) is 18.1 Å². The van der Waals surface area contributed by atoms with Crippen LogP contribution in [0.15, 0.2) is 35.1 Å². The van der Waals surface area contributed by atoms with Crippen molar-refractivity contribution in [2.75, 3.05) is 24.6 Å². The molecule has 1 fully saturated rings. The number of amides is 1. The quantitative estimate of drug-likeness (QED) is 0.668. The van der Waals surface area contributed by atoms with Gasteiger partial charge in [0, 0.05) is 25.7 Å². The molecule has 8 nitrogen and oxygen atoms in total. The standard InChI is InChI=1S/C20H23N5O3S/c1-2-28-15-8-6-14(7-9-15)13-21-18(27)16-12-17(26)22-19-25(16)23-20(29-19)24-10-4-3-5-11-24/h6-9,12H,2-5,10-11,13H2,1H3,(H,21,27). The lowest BCUT2D eigenvalue weighted by Gasteiger charge is -2.25. The molecule has 0 aliphatic carbocycles. The molecule has 9 heteroatoms. The summed E-state index contributed by atoms with van der Waals surface area (Å²) in [4.78, 5) is 31.4. The number of carbonyl (C=O) groups is 1. The fraction of sp³-hybridized carbons (Fsp3) is 0.400. The maximum Gasteiger partial charge on any atom is 0.274 e. The molecule has 0 radical (unpaired) electrons. The molecule has 0 atom stereocenters. The minimum atomic E-state index is -0.440. The molecule has 0 unspecified atom stereocenters. The monoisotopic (exact) mass is 413 g/mol. The zero-order valence-electron chi connectivity index (χ0n) is 16.3. The van der Waals surface area contributed by atoms with Gasteiger partial charge in [0.05, 0.1) is 6.61 Å². The smallest absolute Gasteiger partial charge is 0.274 e. The van der Waals surface area contributed by atoms with Gasteiger partial charge >= 0.3 is 0 Å². The van der Waals surface area contributed by atoms with Crippen molar-refractivity contribution in [1.29, 1.82) is 0 Å². The van der Waals surface area contributed by atoms with E-state index in [2.05, 4.69) is 20.3 Å². The van der Waals surface area contributed by atoms with Crippen molar-refractivity contribution in [2.45, 2.75) is 32.7 Å². The van der Waals surface area contributed by atoms with E-state index in [1.807, 2.05) is 31.2 Å². The maximum atomic E-state index is 12.8. The van der Waals surface area contributed by atoms with Crippen LogP contribution in [0.1, 0.15) is 42.2 Å². The van der Waals surface area contributed by atoms with Gasteiger partial charge in [-0.3, -0.25) is 9.59 Å². The van der Waals surface area contributed by atoms with Gasteiger partial charge in [-0.1, -0.05) is 23.5 Å². The van der Waals surface area contributed by atoms with Crippen LogP contribution in [-0.2, 0) is 6.54 Å². The Balaban J connectivity index is 1.53. The number of nitrogens with one attached hydrogen (secondary N) is 1. The predicted octanol–water partition coefficient (Wildman–Crippen LogP) is 2.47. The lowest BCUT2D eigenvalue weighted by molar-refractivity contribution is 0.0943. The number of nitrogens with zero attached hydrogens (tertiary/aromatic N) is 4. The van der Waals surface area contributed by atoms with Gasteiger partial charge in [0.2, 0.25) is 10.1 Å². The minimum Gasteiger partial charge on any atom is -0.494 e. The summed E-state index contributed by atoms with van der Waals surface area (Å²) < 4.78 is 6.90. The second kappa shape index (κ2) is 8.60. The first kappa shape index (κ1) is 19.4. The van der Waals surface area contributed by atoms with E-state index < -0.39 is 5.56 Å². The van der Waals surface area contributed by atoms with Crippen LogP contribution in [0.3, 0.4) is 0 Å². The van der Waals surface area contributed by atoms with Crippen LogP contribution in [0.5, 0.6) is 5.75 Å². The van der Waals surface area contributed by atoms with Gasteiger partial charge in [0.15, 0.2) is 0 Å². The summed E-state index contributed by atoms with van der Waals surface area (Å²) in [6.45, 7) is 4.75. The second-order valence-electron chi connectivity index (χ2n) is 6.87. The fourth-order valence-electron chi connectivity index (χ4n) is 3.32. The van der Waals surface area contributed by atoms with Crippen LogP contribution >= 0.6 is 11.3 Å². The molecule has 152 valence electrons. The zero-order chi connectivity index (χ0) is 20.2. The highest BCUT2D eigenvalue weighted by molar-refractivity contribution is 7.20. The Morgan fingerprint density at radius 1 is 1.21 bits per heavy atom. The van der Waals surface area contributed by atoms with E-state index in [1.165, 1.54) is 28.3 Å². The summed E-state index contributed by atoms with van der Waals surface area (Å²) in [6, 6.07) is 8.77. The normalized spacial score (nSPS) is 14.2. The van der Waals surface area contributed by atoms with Crippen LogP contribution in [0.25, 0.3) is 4.96 Å². The van der Waals surface area contributed by atoms with E-state index >= 15 is 0 Å². The van der Waals surface area contributed by atoms with Gasteiger partial charge < -0.3 is 15.0 Å². The summed E-state index contributed by atoms with van der Waals surface area (Å²) in [5.41, 5.74) is 0.697. The first-order chi connectivity index (χ1) is 14.1. The summed E-state index contributed by atoms with van der Waals surface area (Å²) >= 11 is 1.34. The van der Waals surface area contributed by atoms with E-state index in [4.69, 9.17) is 4.74 Å². The molecule has 2 aromatic heterocycles. The highest BCUT2D eigenvalue weighted by Gasteiger charge is 2.19. The summed E-state index contributed by atoms with van der Waals surface area (Å²) in [5, 5.41) is 8.22. The van der Waals surface area contributed by atoms with Gasteiger partial charge in [-0.25, -0.2) is 0 Å². The molecular formula is C20H23N5O3S. The van der Waals surface area contributed by atoms with Crippen LogP contribution in [0.4, 0.5) is 5.13 Å². The van der Waals surface area contributed by atoms with Gasteiger partial charge in [-0.15, -0.1) is 5.10 Å². The number of hydrogen-bond acceptors (Lipinski definition) is 7. The van der Waals surface area contributed by atoms with E-state index in [9.17, 15) is 9.59 Å². The Labute approximate surface area is 172 Å². The fourth-order valence-corrected chi connectivity index (χ4v) is 4.28. The lowest BCUT2D eigenvalue weighted by Crippen LogP contribution is -2.30. The number of benzene rings is 1. The molecule has 1 amide bonds. The molecule has 0 saturated carbocycles. The number of anilines is 1. The maximum absolute atomic E-state index is 12.8. The minimum absolute atomic E-state index is 0.199. The molecule has 0 spiro atoms. The molecule has 29 heavy (non-hydrogen) atoms. The Bertz CT molecular complexity index is 1050. The third-order valence-electron chi connectivity index (χ3n) is 4.79. The second-order valence-corrected chi connectivity index (χ2v) is 7.80. The van der Waals surface area contributed by atoms with Gasteiger partial charge in [-0.2, -0.15) is 9.50 Å². The molecule has 1 saturated heterocycles. The van der Waals surface area contributed by atoms with Crippen molar-refractivity contribution >= 4 is 27.3 Å². The van der Waals surface area contributed by atoms with E-state index in [0.717, 1.165) is 42.4 Å². The summed E-state index contributed by atoms with van der Waals surface area (Å²) in [7, 11) is 0. The average Bonchev–Trinajstić information content (AvgIpc) is 3.17. The van der Waals surface area contributed by atoms with Gasteiger partial charge in [0.1, 0.15) is 11.4 Å². The molecule has 0 bridgehead atoms. The van der Waals surface area contributed by atoms with Crippen molar-refractivity contribution in [3.8, 4) is 5.75 Å². The topological polar surface area (TPSA) is 88.8 Å². The van der Waals surface area contributed by atoms with Gasteiger partial charge in [-0.05, 0) is 43.9 Å². The Morgan fingerprint density at radius 3 is 2.69 bits per heavy atom. The Kier molecular flexibility index (Phi) is 5.75. The van der Waals surface area contributed by atoms with E-state index in [-0.39, 0.29) is 11.6 Å². The molecule has 1 aliphatic rings. The first-order valence-corrected chi connectivity index (χ1v) is 10.6. The highest BCUT2D eigenvalue weighted by atomic mass is 32.1. The molecule has 1 N–H and O–H groups in total. The molecule has 1 aromatic carbocycles.